The molecule has 180 valence electrons. The van der Waals surface area contributed by atoms with Crippen LogP contribution in [0.4, 0.5) is 0 Å². The van der Waals surface area contributed by atoms with E-state index in [2.05, 4.69) is 23.3 Å². The molecule has 0 bridgehead atoms. The van der Waals surface area contributed by atoms with Crippen LogP contribution in [0.1, 0.15) is 38.5 Å². The zero-order chi connectivity index (χ0) is 24.4. The van der Waals surface area contributed by atoms with E-state index in [4.69, 9.17) is 21.1 Å². The first-order valence-electron chi connectivity index (χ1n) is 9.92. The molecule has 0 aromatic rings. The molecule has 32 heavy (non-hydrogen) atoms. The molecule has 0 aromatic carbocycles. The molecule has 0 radical (unpaired) electrons. The minimum Gasteiger partial charge on any atom is -0.481 e. The number of hydrogen-bond acceptors (Lipinski definition) is 8. The lowest BCUT2D eigenvalue weighted by atomic mass is 10.1. The summed E-state index contributed by atoms with van der Waals surface area (Å²) in [5, 5.41) is 31.4. The van der Waals surface area contributed by atoms with E-state index < -0.39 is 66.2 Å². The van der Waals surface area contributed by atoms with E-state index in [1.165, 1.54) is 4.90 Å². The second-order valence-corrected chi connectivity index (χ2v) is 7.67. The summed E-state index contributed by atoms with van der Waals surface area (Å²) in [4.78, 5) is 71.8. The van der Waals surface area contributed by atoms with Crippen LogP contribution in [0.2, 0.25) is 0 Å². The fraction of sp³-hybridized carbons (Fsp3) is 0.667. The molecule has 13 nitrogen and oxygen atoms in total. The van der Waals surface area contributed by atoms with Crippen LogP contribution in [-0.2, 0) is 28.8 Å². The van der Waals surface area contributed by atoms with Crippen molar-refractivity contribution in [2.24, 2.45) is 5.73 Å². The zero-order valence-corrected chi connectivity index (χ0v) is 18.1. The van der Waals surface area contributed by atoms with Crippen molar-refractivity contribution in [1.29, 1.82) is 0 Å². The van der Waals surface area contributed by atoms with Crippen molar-refractivity contribution in [3.8, 4) is 0 Å². The Balaban J connectivity index is 2.93. The largest absolute Gasteiger partial charge is 0.481 e. The van der Waals surface area contributed by atoms with Gasteiger partial charge in [-0.3, -0.25) is 24.0 Å². The van der Waals surface area contributed by atoms with Gasteiger partial charge in [-0.15, -0.1) is 0 Å². The van der Waals surface area contributed by atoms with Crippen LogP contribution < -0.4 is 16.4 Å². The van der Waals surface area contributed by atoms with E-state index in [-0.39, 0.29) is 38.0 Å². The van der Waals surface area contributed by atoms with Gasteiger partial charge in [0.05, 0.1) is 6.04 Å². The molecule has 1 rings (SSSR count). The predicted octanol–water partition coefficient (Wildman–Crippen LogP) is -1.98. The number of carboxylic acid groups (broad SMARTS) is 3. The van der Waals surface area contributed by atoms with Crippen LogP contribution in [0.5, 0.6) is 0 Å². The summed E-state index contributed by atoms with van der Waals surface area (Å²) in [6, 6.07) is -4.77. The number of nitrogens with zero attached hydrogens (tertiary/aromatic N) is 1. The number of carbonyl (C=O) groups excluding carboxylic acids is 3. The average Bonchev–Trinajstić information content (AvgIpc) is 3.21. The lowest BCUT2D eigenvalue weighted by Crippen LogP contribution is -2.57. The molecule has 1 fully saturated rings. The quantitative estimate of drug-likeness (QED) is 0.145. The fourth-order valence-electron chi connectivity index (χ4n) is 3.17. The standard InChI is InChI=1S/C18H28N4O9S/c19-9(3-5-13(23)24)15(27)20-10(4-6-14(25)26)17(29)22-7-1-2-12(22)16(28)21-11(8-32)18(30)31/h9-12,32H,1-8,19H2,(H,20,27)(H,21,28)(H,23,24)(H,25,26)(H,30,31). The average molecular weight is 477 g/mol. The van der Waals surface area contributed by atoms with Crippen LogP contribution in [0.15, 0.2) is 0 Å². The minimum atomic E-state index is -1.30. The Morgan fingerprint density at radius 1 is 0.969 bits per heavy atom. The van der Waals surface area contributed by atoms with Crippen LogP contribution >= 0.6 is 12.6 Å². The predicted molar refractivity (Wildman–Crippen MR) is 112 cm³/mol. The van der Waals surface area contributed by atoms with E-state index in [0.717, 1.165) is 0 Å². The van der Waals surface area contributed by atoms with Gasteiger partial charge in [0.1, 0.15) is 18.1 Å². The van der Waals surface area contributed by atoms with E-state index in [1.807, 2.05) is 0 Å². The molecule has 0 saturated carbocycles. The number of nitrogens with one attached hydrogen (secondary N) is 2. The minimum absolute atomic E-state index is 0.153. The van der Waals surface area contributed by atoms with Crippen molar-refractivity contribution in [2.45, 2.75) is 62.7 Å². The van der Waals surface area contributed by atoms with Crippen LogP contribution in [-0.4, -0.2) is 92.3 Å². The number of likely N-dealkylation sites (tertiary alicyclic amines) is 1. The van der Waals surface area contributed by atoms with Gasteiger partial charge in [-0.25, -0.2) is 4.79 Å². The summed E-state index contributed by atoms with van der Waals surface area (Å²) in [7, 11) is 0. The van der Waals surface area contributed by atoms with Crippen LogP contribution in [0.25, 0.3) is 0 Å². The summed E-state index contributed by atoms with van der Waals surface area (Å²) >= 11 is 3.87. The summed E-state index contributed by atoms with van der Waals surface area (Å²) in [5.41, 5.74) is 5.65. The third-order valence-corrected chi connectivity index (χ3v) is 5.27. The van der Waals surface area contributed by atoms with Gasteiger partial charge in [-0.05, 0) is 25.7 Å². The van der Waals surface area contributed by atoms with Crippen molar-refractivity contribution in [2.75, 3.05) is 12.3 Å². The highest BCUT2D eigenvalue weighted by Crippen LogP contribution is 2.20. The first-order chi connectivity index (χ1) is 15.0. The number of hydrogen-bond donors (Lipinski definition) is 7. The number of nitrogens with two attached hydrogens (primary N) is 1. The molecule has 1 aliphatic rings. The van der Waals surface area contributed by atoms with E-state index in [1.54, 1.807) is 0 Å². The SMILES string of the molecule is NC(CCC(=O)O)C(=O)NC(CCC(=O)O)C(=O)N1CCCC1C(=O)NC(CS)C(=O)O. The Kier molecular flexibility index (Phi) is 10.9. The number of carbonyl (C=O) groups is 6. The molecular weight excluding hydrogens is 448 g/mol. The fourth-order valence-corrected chi connectivity index (χ4v) is 3.42. The highest BCUT2D eigenvalue weighted by atomic mass is 32.1. The molecule has 1 saturated heterocycles. The number of carboxylic acids is 3. The molecule has 4 atom stereocenters. The van der Waals surface area contributed by atoms with Crippen LogP contribution in [0.3, 0.4) is 0 Å². The summed E-state index contributed by atoms with van der Waals surface area (Å²) < 4.78 is 0. The van der Waals surface area contributed by atoms with Gasteiger partial charge < -0.3 is 36.6 Å². The van der Waals surface area contributed by atoms with E-state index in [0.29, 0.717) is 6.42 Å². The molecule has 1 aliphatic heterocycles. The van der Waals surface area contributed by atoms with Gasteiger partial charge >= 0.3 is 17.9 Å². The highest BCUT2D eigenvalue weighted by molar-refractivity contribution is 7.80. The maximum atomic E-state index is 13.1. The van der Waals surface area contributed by atoms with Gasteiger partial charge in [-0.1, -0.05) is 0 Å². The molecule has 0 spiro atoms. The number of rotatable bonds is 13. The number of amides is 3. The summed E-state index contributed by atoms with van der Waals surface area (Å²) in [6.07, 6.45) is -0.575. The normalized spacial score (nSPS) is 18.3. The van der Waals surface area contributed by atoms with E-state index in [9.17, 15) is 28.8 Å². The highest BCUT2D eigenvalue weighted by Gasteiger charge is 2.39. The Labute approximate surface area is 189 Å². The van der Waals surface area contributed by atoms with Crippen molar-refractivity contribution >= 4 is 48.3 Å². The van der Waals surface area contributed by atoms with Gasteiger partial charge in [0.25, 0.3) is 0 Å². The third-order valence-electron chi connectivity index (χ3n) is 4.90. The van der Waals surface area contributed by atoms with Crippen LogP contribution in [0, 0.1) is 0 Å². The lowest BCUT2D eigenvalue weighted by Gasteiger charge is -2.29. The molecule has 1 heterocycles. The molecule has 0 aliphatic carbocycles. The molecule has 7 N–H and O–H groups in total. The van der Waals surface area contributed by atoms with Gasteiger partial charge in [0, 0.05) is 25.1 Å². The monoisotopic (exact) mass is 476 g/mol. The second-order valence-electron chi connectivity index (χ2n) is 7.30. The Bertz CT molecular complexity index is 748. The van der Waals surface area contributed by atoms with Crippen molar-refractivity contribution in [3.63, 3.8) is 0 Å². The first-order valence-corrected chi connectivity index (χ1v) is 10.5. The lowest BCUT2D eigenvalue weighted by molar-refractivity contribution is -0.145. The maximum Gasteiger partial charge on any atom is 0.327 e. The molecular formula is C18H28N4O9S. The zero-order valence-electron chi connectivity index (χ0n) is 17.2. The molecule has 14 heteroatoms. The topological polar surface area (TPSA) is 216 Å². The maximum absolute atomic E-state index is 13.1. The van der Waals surface area contributed by atoms with Crippen molar-refractivity contribution in [3.05, 3.63) is 0 Å². The second kappa shape index (κ2) is 12.9. The number of aliphatic carboxylic acids is 3. The van der Waals surface area contributed by atoms with E-state index >= 15 is 0 Å². The van der Waals surface area contributed by atoms with Gasteiger partial charge in [-0.2, -0.15) is 12.6 Å². The molecule has 4 unspecified atom stereocenters. The smallest absolute Gasteiger partial charge is 0.327 e. The van der Waals surface area contributed by atoms with Crippen molar-refractivity contribution in [1.82, 2.24) is 15.5 Å². The Morgan fingerprint density at radius 3 is 2.09 bits per heavy atom. The Hall–Kier alpha value is -2.87. The van der Waals surface area contributed by atoms with Crippen molar-refractivity contribution < 1.29 is 44.1 Å². The summed E-state index contributed by atoms with van der Waals surface area (Å²) in [6.45, 7) is 0.153. The summed E-state index contributed by atoms with van der Waals surface area (Å²) in [5.74, 6) is -6.03. The third kappa shape index (κ3) is 8.34. The molecule has 0 aromatic heterocycles. The Morgan fingerprint density at radius 2 is 1.56 bits per heavy atom. The molecule has 3 amide bonds. The number of thiol groups is 1. The van der Waals surface area contributed by atoms with Gasteiger partial charge in [0.15, 0.2) is 0 Å². The first kappa shape index (κ1) is 27.2. The van der Waals surface area contributed by atoms with Gasteiger partial charge in [0.2, 0.25) is 17.7 Å².